The van der Waals surface area contributed by atoms with Gasteiger partial charge in [-0.05, 0) is 63.8 Å². The zero-order chi connectivity index (χ0) is 25.9. The Morgan fingerprint density at radius 3 is 2.44 bits per heavy atom. The lowest BCUT2D eigenvalue weighted by atomic mass is 10.1. The van der Waals surface area contributed by atoms with Crippen LogP contribution >= 0.6 is 0 Å². The third kappa shape index (κ3) is 6.93. The van der Waals surface area contributed by atoms with Gasteiger partial charge in [0.15, 0.2) is 0 Å². The topological polar surface area (TPSA) is 59.8 Å². The number of ether oxygens (including phenoxy) is 2. The Bertz CT molecular complexity index is 1140. The summed E-state index contributed by atoms with van der Waals surface area (Å²) >= 11 is 0. The number of nitrogens with zero attached hydrogens (tertiary/aromatic N) is 3. The summed E-state index contributed by atoms with van der Waals surface area (Å²) in [5.41, 5.74) is 2.44. The van der Waals surface area contributed by atoms with Gasteiger partial charge in [-0.25, -0.2) is 9.07 Å². The molecule has 1 aliphatic rings. The second-order valence-electron chi connectivity index (χ2n) is 10.9. The SMILES string of the molecule is CC(C)c1nn(-c2ccccc2)c(Oc2cccc(F)c2)c1CN(C[C@H](O)COC(C)(C)C)C1CC1. The van der Waals surface area contributed by atoms with Gasteiger partial charge in [-0.1, -0.05) is 38.1 Å². The van der Waals surface area contributed by atoms with Crippen molar-refractivity contribution >= 4 is 0 Å². The molecule has 1 aliphatic carbocycles. The van der Waals surface area contributed by atoms with E-state index < -0.39 is 6.10 Å². The van der Waals surface area contributed by atoms with Crippen molar-refractivity contribution in [2.24, 2.45) is 0 Å². The lowest BCUT2D eigenvalue weighted by molar-refractivity contribution is -0.0573. The first-order valence-corrected chi connectivity index (χ1v) is 12.8. The van der Waals surface area contributed by atoms with Crippen molar-refractivity contribution in [3.05, 3.63) is 71.7 Å². The largest absolute Gasteiger partial charge is 0.438 e. The second-order valence-corrected chi connectivity index (χ2v) is 10.9. The minimum atomic E-state index is -0.607. The molecule has 1 fully saturated rings. The Labute approximate surface area is 213 Å². The number of hydrogen-bond donors (Lipinski definition) is 1. The van der Waals surface area contributed by atoms with E-state index in [1.807, 2.05) is 51.1 Å². The van der Waals surface area contributed by atoms with Gasteiger partial charge in [0.05, 0.1) is 35.3 Å². The van der Waals surface area contributed by atoms with Crippen LogP contribution < -0.4 is 4.74 Å². The number of hydrogen-bond acceptors (Lipinski definition) is 5. The summed E-state index contributed by atoms with van der Waals surface area (Å²) < 4.78 is 28.0. The van der Waals surface area contributed by atoms with Crippen molar-refractivity contribution in [3.8, 4) is 17.3 Å². The van der Waals surface area contributed by atoms with Crippen LogP contribution in [-0.2, 0) is 11.3 Å². The molecule has 0 aliphatic heterocycles. The molecule has 1 aromatic heterocycles. The van der Waals surface area contributed by atoms with Crippen LogP contribution in [0.1, 0.15) is 64.6 Å². The quantitative estimate of drug-likeness (QED) is 0.350. The van der Waals surface area contributed by atoms with Gasteiger partial charge in [0, 0.05) is 25.2 Å². The number of para-hydroxylation sites is 1. The van der Waals surface area contributed by atoms with E-state index in [1.165, 1.54) is 12.1 Å². The second kappa shape index (κ2) is 11.1. The van der Waals surface area contributed by atoms with E-state index in [-0.39, 0.29) is 23.9 Å². The van der Waals surface area contributed by atoms with Gasteiger partial charge in [-0.3, -0.25) is 4.90 Å². The van der Waals surface area contributed by atoms with Crippen LogP contribution in [0.15, 0.2) is 54.6 Å². The first-order valence-electron chi connectivity index (χ1n) is 12.8. The average molecular weight is 496 g/mol. The zero-order valence-corrected chi connectivity index (χ0v) is 21.9. The standard InChI is InChI=1S/C29H38FN3O3/c1-20(2)27-26(18-32(22-14-15-22)17-24(34)19-35-29(3,4)5)28(36-25-13-9-10-21(30)16-25)33(31-27)23-11-7-6-8-12-23/h6-13,16,20,22,24,34H,14-15,17-19H2,1-5H3/t24-/m0/s1. The average Bonchev–Trinajstić information content (AvgIpc) is 3.61. The fourth-order valence-electron chi connectivity index (χ4n) is 4.21. The molecule has 3 aromatic rings. The number of aliphatic hydroxyl groups excluding tert-OH is 1. The molecule has 0 bridgehead atoms. The normalized spacial score (nSPS) is 15.0. The lowest BCUT2D eigenvalue weighted by Crippen LogP contribution is -2.38. The molecule has 1 N–H and O–H groups in total. The summed E-state index contributed by atoms with van der Waals surface area (Å²) in [5, 5.41) is 15.7. The first kappa shape index (κ1) is 26.3. The van der Waals surface area contributed by atoms with Crippen LogP contribution in [0.5, 0.6) is 11.6 Å². The third-order valence-electron chi connectivity index (χ3n) is 6.10. The van der Waals surface area contributed by atoms with Gasteiger partial charge >= 0.3 is 0 Å². The predicted octanol–water partition coefficient (Wildman–Crippen LogP) is 6.07. The predicted molar refractivity (Wildman–Crippen MR) is 139 cm³/mol. The minimum Gasteiger partial charge on any atom is -0.438 e. The lowest BCUT2D eigenvalue weighted by Gasteiger charge is -2.28. The maximum absolute atomic E-state index is 14.0. The zero-order valence-electron chi connectivity index (χ0n) is 21.9. The van der Waals surface area contributed by atoms with E-state index in [2.05, 4.69) is 18.7 Å². The summed E-state index contributed by atoms with van der Waals surface area (Å²) in [6.45, 7) is 11.5. The Morgan fingerprint density at radius 2 is 1.83 bits per heavy atom. The molecule has 0 radical (unpaired) electrons. The molecule has 2 aromatic carbocycles. The molecule has 6 nitrogen and oxygen atoms in total. The highest BCUT2D eigenvalue weighted by atomic mass is 19.1. The number of benzene rings is 2. The molecular weight excluding hydrogens is 457 g/mol. The smallest absolute Gasteiger partial charge is 0.227 e. The summed E-state index contributed by atoms with van der Waals surface area (Å²) in [6.07, 6.45) is 1.58. The first-order chi connectivity index (χ1) is 17.1. The molecular formula is C29H38FN3O3. The van der Waals surface area contributed by atoms with E-state index in [1.54, 1.807) is 16.8 Å². The van der Waals surface area contributed by atoms with Crippen LogP contribution in [-0.4, -0.2) is 50.7 Å². The summed E-state index contributed by atoms with van der Waals surface area (Å²) in [6, 6.07) is 16.4. The number of aliphatic hydroxyl groups is 1. The van der Waals surface area contributed by atoms with Crippen molar-refractivity contribution in [2.45, 2.75) is 77.7 Å². The fraction of sp³-hybridized carbons (Fsp3) is 0.483. The van der Waals surface area contributed by atoms with Gasteiger partial charge in [0.25, 0.3) is 0 Å². The maximum Gasteiger partial charge on any atom is 0.227 e. The molecule has 0 unspecified atom stereocenters. The van der Waals surface area contributed by atoms with Gasteiger partial charge in [0.2, 0.25) is 5.88 Å². The number of rotatable bonds is 11. The Morgan fingerprint density at radius 1 is 1.11 bits per heavy atom. The molecule has 0 spiro atoms. The fourth-order valence-corrected chi connectivity index (χ4v) is 4.21. The minimum absolute atomic E-state index is 0.148. The molecule has 7 heteroatoms. The molecule has 36 heavy (non-hydrogen) atoms. The monoisotopic (exact) mass is 495 g/mol. The van der Waals surface area contributed by atoms with Gasteiger partial charge in [0.1, 0.15) is 11.6 Å². The van der Waals surface area contributed by atoms with Crippen molar-refractivity contribution in [3.63, 3.8) is 0 Å². The number of halogens is 1. The number of aromatic nitrogens is 2. The highest BCUT2D eigenvalue weighted by Crippen LogP contribution is 2.37. The summed E-state index contributed by atoms with van der Waals surface area (Å²) in [7, 11) is 0. The van der Waals surface area contributed by atoms with Crippen LogP contribution in [0.2, 0.25) is 0 Å². The highest BCUT2D eigenvalue weighted by Gasteiger charge is 2.34. The van der Waals surface area contributed by atoms with Gasteiger partial charge in [-0.2, -0.15) is 5.10 Å². The van der Waals surface area contributed by atoms with Crippen molar-refractivity contribution < 1.29 is 19.0 Å². The Balaban J connectivity index is 1.70. The molecule has 0 saturated heterocycles. The van der Waals surface area contributed by atoms with Crippen molar-refractivity contribution in [1.82, 2.24) is 14.7 Å². The molecule has 1 atom stereocenters. The Kier molecular flexibility index (Phi) is 8.13. The van der Waals surface area contributed by atoms with Crippen molar-refractivity contribution in [1.29, 1.82) is 0 Å². The maximum atomic E-state index is 14.0. The summed E-state index contributed by atoms with van der Waals surface area (Å²) in [4.78, 5) is 2.30. The molecule has 194 valence electrons. The van der Waals surface area contributed by atoms with E-state index in [9.17, 15) is 9.50 Å². The van der Waals surface area contributed by atoms with E-state index in [0.29, 0.717) is 30.8 Å². The highest BCUT2D eigenvalue weighted by molar-refractivity contribution is 5.44. The molecule has 1 saturated carbocycles. The van der Waals surface area contributed by atoms with Gasteiger partial charge < -0.3 is 14.6 Å². The summed E-state index contributed by atoms with van der Waals surface area (Å²) in [5.74, 6) is 0.780. The molecule has 1 heterocycles. The third-order valence-corrected chi connectivity index (χ3v) is 6.10. The van der Waals surface area contributed by atoms with Crippen LogP contribution in [0.4, 0.5) is 4.39 Å². The molecule has 0 amide bonds. The van der Waals surface area contributed by atoms with Crippen LogP contribution in [0.25, 0.3) is 5.69 Å². The van der Waals surface area contributed by atoms with E-state index >= 15 is 0 Å². The van der Waals surface area contributed by atoms with E-state index in [4.69, 9.17) is 14.6 Å². The van der Waals surface area contributed by atoms with E-state index in [0.717, 1.165) is 29.8 Å². The van der Waals surface area contributed by atoms with Gasteiger partial charge in [-0.15, -0.1) is 0 Å². The van der Waals surface area contributed by atoms with Crippen molar-refractivity contribution in [2.75, 3.05) is 13.2 Å². The molecule has 4 rings (SSSR count). The van der Waals surface area contributed by atoms with Crippen LogP contribution in [0, 0.1) is 5.82 Å². The van der Waals surface area contributed by atoms with Crippen LogP contribution in [0.3, 0.4) is 0 Å². The Hall–Kier alpha value is -2.74.